The maximum Gasteiger partial charge on any atom is 0.276 e. The van der Waals surface area contributed by atoms with Gasteiger partial charge in [0.2, 0.25) is 5.82 Å². The highest BCUT2D eigenvalue weighted by Crippen LogP contribution is 2.21. The van der Waals surface area contributed by atoms with Crippen LogP contribution in [0.3, 0.4) is 0 Å². The lowest BCUT2D eigenvalue weighted by atomic mass is 10.3. The van der Waals surface area contributed by atoms with Crippen molar-refractivity contribution >= 4 is 15.9 Å². The first-order chi connectivity index (χ1) is 8.83. The first-order valence-electron chi connectivity index (χ1n) is 5.61. The number of morpholine rings is 1. The van der Waals surface area contributed by atoms with Crippen molar-refractivity contribution < 1.29 is 9.26 Å². The van der Waals surface area contributed by atoms with Crippen LogP contribution in [-0.4, -0.2) is 34.8 Å². The highest BCUT2D eigenvalue weighted by Gasteiger charge is 2.22. The van der Waals surface area contributed by atoms with Gasteiger partial charge in [0, 0.05) is 23.8 Å². The van der Waals surface area contributed by atoms with E-state index in [-0.39, 0.29) is 6.10 Å². The summed E-state index contributed by atoms with van der Waals surface area (Å²) in [5.74, 6) is 0.966. The van der Waals surface area contributed by atoms with Gasteiger partial charge < -0.3 is 14.6 Å². The maximum atomic E-state index is 5.56. The monoisotopic (exact) mass is 310 g/mol. The van der Waals surface area contributed by atoms with Crippen LogP contribution in [-0.2, 0) is 4.74 Å². The van der Waals surface area contributed by atoms with Gasteiger partial charge in [-0.05, 0) is 28.1 Å². The van der Waals surface area contributed by atoms with Gasteiger partial charge in [-0.3, -0.25) is 0 Å². The van der Waals surface area contributed by atoms with E-state index in [2.05, 4.69) is 36.4 Å². The Bertz CT molecular complexity index is 522. The Labute approximate surface area is 112 Å². The molecule has 0 saturated carbocycles. The van der Waals surface area contributed by atoms with Crippen LogP contribution in [0.1, 0.15) is 11.9 Å². The largest absolute Gasteiger partial charge is 0.367 e. The maximum absolute atomic E-state index is 5.56. The van der Waals surface area contributed by atoms with Crippen molar-refractivity contribution in [3.63, 3.8) is 0 Å². The zero-order chi connectivity index (χ0) is 12.4. The van der Waals surface area contributed by atoms with Crippen molar-refractivity contribution in [2.24, 2.45) is 0 Å². The Morgan fingerprint density at radius 3 is 3.06 bits per heavy atom. The van der Waals surface area contributed by atoms with Gasteiger partial charge in [0.05, 0.1) is 6.61 Å². The second kappa shape index (κ2) is 5.13. The Morgan fingerprint density at radius 1 is 1.39 bits per heavy atom. The minimum absolute atomic E-state index is 0.147. The van der Waals surface area contributed by atoms with Gasteiger partial charge in [0.15, 0.2) is 0 Å². The first kappa shape index (κ1) is 11.8. The molecule has 1 N–H and O–H groups in total. The van der Waals surface area contributed by atoms with Crippen molar-refractivity contribution in [1.29, 1.82) is 0 Å². The van der Waals surface area contributed by atoms with Crippen LogP contribution in [0.25, 0.3) is 11.6 Å². The topological polar surface area (TPSA) is 73.1 Å². The van der Waals surface area contributed by atoms with Gasteiger partial charge in [0.25, 0.3) is 5.89 Å². The molecule has 0 radical (unpaired) electrons. The molecule has 1 unspecified atom stereocenters. The molecule has 7 heteroatoms. The van der Waals surface area contributed by atoms with Gasteiger partial charge in [-0.15, -0.1) is 0 Å². The molecule has 1 atom stereocenters. The molecule has 0 amide bonds. The third-order valence-electron chi connectivity index (χ3n) is 2.60. The highest BCUT2D eigenvalue weighted by molar-refractivity contribution is 9.10. The fraction of sp³-hybridized carbons (Fsp3) is 0.364. The van der Waals surface area contributed by atoms with Gasteiger partial charge in [-0.1, -0.05) is 5.16 Å². The minimum Gasteiger partial charge on any atom is -0.367 e. The first-order valence-corrected chi connectivity index (χ1v) is 6.40. The molecule has 3 heterocycles. The Balaban J connectivity index is 1.82. The summed E-state index contributed by atoms with van der Waals surface area (Å²) in [5, 5.41) is 7.16. The number of hydrogen-bond acceptors (Lipinski definition) is 6. The third-order valence-corrected chi connectivity index (χ3v) is 3.07. The summed E-state index contributed by atoms with van der Waals surface area (Å²) >= 11 is 3.33. The van der Waals surface area contributed by atoms with E-state index in [1.807, 2.05) is 12.1 Å². The lowest BCUT2D eigenvalue weighted by Crippen LogP contribution is -2.33. The Morgan fingerprint density at radius 2 is 2.33 bits per heavy atom. The number of rotatable bonds is 2. The number of hydrogen-bond donors (Lipinski definition) is 1. The predicted molar refractivity (Wildman–Crippen MR) is 66.8 cm³/mol. The van der Waals surface area contributed by atoms with E-state index < -0.39 is 0 Å². The molecule has 1 aliphatic heterocycles. The molecular formula is C11H11BrN4O2. The predicted octanol–water partition coefficient (Wildman–Crippen LogP) is 1.55. The molecule has 0 bridgehead atoms. The highest BCUT2D eigenvalue weighted by atomic mass is 79.9. The van der Waals surface area contributed by atoms with Crippen LogP contribution in [0.15, 0.2) is 27.3 Å². The normalized spacial score (nSPS) is 19.9. The lowest BCUT2D eigenvalue weighted by molar-refractivity contribution is 0.0208. The number of halogens is 1. The van der Waals surface area contributed by atoms with Crippen LogP contribution in [0.4, 0.5) is 0 Å². The molecule has 3 rings (SSSR count). The molecule has 1 fully saturated rings. The molecule has 0 spiro atoms. The number of nitrogens with one attached hydrogen (secondary N) is 1. The van der Waals surface area contributed by atoms with Crippen molar-refractivity contribution in [1.82, 2.24) is 20.4 Å². The molecule has 0 aromatic carbocycles. The summed E-state index contributed by atoms with van der Waals surface area (Å²) in [5.41, 5.74) is 0.653. The van der Waals surface area contributed by atoms with Gasteiger partial charge >= 0.3 is 0 Å². The van der Waals surface area contributed by atoms with E-state index in [1.165, 1.54) is 0 Å². The van der Waals surface area contributed by atoms with Crippen molar-refractivity contribution in [2.45, 2.75) is 6.10 Å². The van der Waals surface area contributed by atoms with Crippen LogP contribution >= 0.6 is 15.9 Å². The molecular weight excluding hydrogens is 300 g/mol. The van der Waals surface area contributed by atoms with E-state index in [4.69, 9.17) is 9.26 Å². The van der Waals surface area contributed by atoms with Gasteiger partial charge in [-0.2, -0.15) is 4.98 Å². The fourth-order valence-electron chi connectivity index (χ4n) is 1.70. The second-order valence-corrected chi connectivity index (χ2v) is 4.80. The average molecular weight is 311 g/mol. The Kier molecular flexibility index (Phi) is 3.35. The fourth-order valence-corrected chi connectivity index (χ4v) is 1.94. The lowest BCUT2D eigenvalue weighted by Gasteiger charge is -2.20. The third kappa shape index (κ3) is 2.43. The number of ether oxygens (including phenoxy) is 1. The summed E-state index contributed by atoms with van der Waals surface area (Å²) in [6.07, 6.45) is 1.55. The molecule has 1 aliphatic rings. The van der Waals surface area contributed by atoms with Crippen LogP contribution in [0.2, 0.25) is 0 Å². The molecule has 2 aromatic heterocycles. The number of pyridine rings is 1. The summed E-state index contributed by atoms with van der Waals surface area (Å²) in [6, 6.07) is 3.70. The van der Waals surface area contributed by atoms with E-state index >= 15 is 0 Å². The zero-order valence-electron chi connectivity index (χ0n) is 9.47. The van der Waals surface area contributed by atoms with Crippen LogP contribution in [0, 0.1) is 0 Å². The molecule has 18 heavy (non-hydrogen) atoms. The van der Waals surface area contributed by atoms with Crippen molar-refractivity contribution in [2.75, 3.05) is 19.7 Å². The number of aromatic nitrogens is 3. The van der Waals surface area contributed by atoms with E-state index in [0.717, 1.165) is 11.0 Å². The standard InChI is InChI=1S/C11H11BrN4O2/c12-7-1-2-8(14-5-7)11-15-10(16-18-11)9-6-13-3-4-17-9/h1-2,5,9,13H,3-4,6H2. The quantitative estimate of drug-likeness (QED) is 0.907. The molecule has 2 aromatic rings. The molecule has 1 saturated heterocycles. The minimum atomic E-state index is -0.147. The Hall–Kier alpha value is -1.31. The molecule has 0 aliphatic carbocycles. The summed E-state index contributed by atoms with van der Waals surface area (Å²) < 4.78 is 11.7. The van der Waals surface area contributed by atoms with Crippen molar-refractivity contribution in [3.05, 3.63) is 28.6 Å². The van der Waals surface area contributed by atoms with Crippen LogP contribution in [0.5, 0.6) is 0 Å². The zero-order valence-corrected chi connectivity index (χ0v) is 11.1. The van der Waals surface area contributed by atoms with E-state index in [1.54, 1.807) is 6.20 Å². The average Bonchev–Trinajstić information content (AvgIpc) is 2.90. The van der Waals surface area contributed by atoms with E-state index in [0.29, 0.717) is 30.6 Å². The molecule has 94 valence electrons. The van der Waals surface area contributed by atoms with E-state index in [9.17, 15) is 0 Å². The SMILES string of the molecule is Brc1ccc(-c2nc(C3CNCCO3)no2)nc1. The van der Waals surface area contributed by atoms with Gasteiger partial charge in [-0.25, -0.2) is 4.98 Å². The number of nitrogens with zero attached hydrogens (tertiary/aromatic N) is 3. The van der Waals surface area contributed by atoms with Crippen molar-refractivity contribution in [3.8, 4) is 11.6 Å². The van der Waals surface area contributed by atoms with Gasteiger partial charge in [0.1, 0.15) is 11.8 Å². The molecule has 6 nitrogen and oxygen atoms in total. The summed E-state index contributed by atoms with van der Waals surface area (Å²) in [6.45, 7) is 2.22. The summed E-state index contributed by atoms with van der Waals surface area (Å²) in [4.78, 5) is 8.52. The smallest absolute Gasteiger partial charge is 0.276 e. The second-order valence-electron chi connectivity index (χ2n) is 3.88. The summed E-state index contributed by atoms with van der Waals surface area (Å²) in [7, 11) is 0. The van der Waals surface area contributed by atoms with Crippen LogP contribution < -0.4 is 5.32 Å².